The molecule has 0 bridgehead atoms. The van der Waals surface area contributed by atoms with E-state index in [4.69, 9.17) is 0 Å². The zero-order valence-corrected chi connectivity index (χ0v) is 20.9. The number of fused-ring (bicyclic) bond motifs is 2. The highest BCUT2D eigenvalue weighted by atomic mass is 16.2. The van der Waals surface area contributed by atoms with Gasteiger partial charge in [0.15, 0.2) is 5.82 Å². The third kappa shape index (κ3) is 3.85. The topological polar surface area (TPSA) is 81.3 Å². The summed E-state index contributed by atoms with van der Waals surface area (Å²) in [6.07, 6.45) is 1.52. The van der Waals surface area contributed by atoms with E-state index in [1.165, 1.54) is 6.33 Å². The number of nitriles is 1. The highest BCUT2D eigenvalue weighted by Crippen LogP contribution is 2.40. The largest absolute Gasteiger partial charge is 0.368 e. The monoisotopic (exact) mass is 489 g/mol. The van der Waals surface area contributed by atoms with Crippen LogP contribution < -0.4 is 9.80 Å². The van der Waals surface area contributed by atoms with Crippen molar-refractivity contribution in [2.24, 2.45) is 7.05 Å². The van der Waals surface area contributed by atoms with Gasteiger partial charge in [0.05, 0.1) is 17.3 Å². The van der Waals surface area contributed by atoms with E-state index in [9.17, 15) is 10.1 Å². The lowest BCUT2D eigenvalue weighted by Crippen LogP contribution is -2.48. The molecule has 37 heavy (non-hydrogen) atoms. The molecule has 4 aromatic rings. The van der Waals surface area contributed by atoms with Crippen LogP contribution >= 0.6 is 0 Å². The van der Waals surface area contributed by atoms with Crippen LogP contribution in [0.15, 0.2) is 73.1 Å². The molecule has 8 nitrogen and oxygen atoms in total. The van der Waals surface area contributed by atoms with Crippen molar-refractivity contribution in [1.82, 2.24) is 19.7 Å². The van der Waals surface area contributed by atoms with Gasteiger partial charge < -0.3 is 9.80 Å². The Hall–Kier alpha value is -4.48. The van der Waals surface area contributed by atoms with E-state index in [0.717, 1.165) is 65.6 Å². The Kier molecular flexibility index (Phi) is 5.70. The third-order valence-corrected chi connectivity index (χ3v) is 7.49. The molecule has 1 aromatic heterocycles. The number of carbonyl (C=O) groups is 1. The lowest BCUT2D eigenvalue weighted by molar-refractivity contribution is 0.0992. The number of aryl methyl sites for hydroxylation is 1. The SMILES string of the molecule is CN1C(=O)c2ccccc2C(N2CCN(c3ccc(-c4ncnn4C)cc3C#N)CC2)c2ccccc21. The number of aromatic nitrogens is 3. The number of para-hydroxylation sites is 1. The molecule has 1 fully saturated rings. The minimum Gasteiger partial charge on any atom is -0.368 e. The molecule has 2 aliphatic heterocycles. The normalized spacial score (nSPS) is 17.6. The lowest BCUT2D eigenvalue weighted by Gasteiger charge is -2.41. The molecule has 0 N–H and O–H groups in total. The van der Waals surface area contributed by atoms with Gasteiger partial charge in [0.2, 0.25) is 0 Å². The van der Waals surface area contributed by atoms with Crippen LogP contribution in [0, 0.1) is 11.3 Å². The molecule has 0 aliphatic carbocycles. The Morgan fingerprint density at radius 1 is 0.892 bits per heavy atom. The van der Waals surface area contributed by atoms with Gasteiger partial charge in [-0.25, -0.2) is 9.67 Å². The number of benzene rings is 3. The summed E-state index contributed by atoms with van der Waals surface area (Å²) in [4.78, 5) is 24.1. The van der Waals surface area contributed by atoms with Crippen molar-refractivity contribution in [2.45, 2.75) is 6.04 Å². The zero-order chi connectivity index (χ0) is 25.5. The molecule has 0 saturated carbocycles. The second-order valence-electron chi connectivity index (χ2n) is 9.49. The number of amides is 1. The van der Waals surface area contributed by atoms with Gasteiger partial charge in [0.1, 0.15) is 12.4 Å². The maximum Gasteiger partial charge on any atom is 0.258 e. The summed E-state index contributed by atoms with van der Waals surface area (Å²) in [5, 5.41) is 14.1. The van der Waals surface area contributed by atoms with E-state index in [0.29, 0.717) is 5.56 Å². The van der Waals surface area contributed by atoms with Gasteiger partial charge in [0.25, 0.3) is 5.91 Å². The van der Waals surface area contributed by atoms with Crippen LogP contribution in [0.2, 0.25) is 0 Å². The second-order valence-corrected chi connectivity index (χ2v) is 9.49. The Balaban J connectivity index is 1.30. The molecule has 0 spiro atoms. The average molecular weight is 490 g/mol. The molecule has 184 valence electrons. The number of rotatable bonds is 3. The molecule has 1 amide bonds. The van der Waals surface area contributed by atoms with Crippen molar-refractivity contribution >= 4 is 17.3 Å². The highest BCUT2D eigenvalue weighted by molar-refractivity contribution is 6.08. The predicted octanol–water partition coefficient (Wildman–Crippen LogP) is 3.86. The Morgan fingerprint density at radius 3 is 2.35 bits per heavy atom. The summed E-state index contributed by atoms with van der Waals surface area (Å²) in [5.41, 5.74) is 6.32. The summed E-state index contributed by atoms with van der Waals surface area (Å²) < 4.78 is 1.71. The standard InChI is InChI=1S/C29H27N7O/c1-33-26-10-6-5-9-24(26)27(22-7-3-4-8-23(22)29(33)37)36-15-13-35(14-16-36)25-12-11-20(17-21(25)18-30)28-31-19-32-34(28)2/h3-12,17,19,27H,13-16H2,1-2H3. The minimum atomic E-state index is -0.0165. The Labute approximate surface area is 216 Å². The van der Waals surface area contributed by atoms with Gasteiger partial charge in [-0.3, -0.25) is 9.69 Å². The van der Waals surface area contributed by atoms with Crippen molar-refractivity contribution in [2.75, 3.05) is 43.0 Å². The molecular weight excluding hydrogens is 462 g/mol. The van der Waals surface area contributed by atoms with Gasteiger partial charge in [-0.1, -0.05) is 36.4 Å². The Morgan fingerprint density at radius 2 is 1.62 bits per heavy atom. The van der Waals surface area contributed by atoms with Gasteiger partial charge in [0, 0.05) is 57.1 Å². The number of hydrogen-bond acceptors (Lipinski definition) is 6. The van der Waals surface area contributed by atoms with E-state index in [2.05, 4.69) is 38.1 Å². The molecule has 1 atom stereocenters. The predicted molar refractivity (Wildman–Crippen MR) is 142 cm³/mol. The van der Waals surface area contributed by atoms with Crippen LogP contribution in [-0.4, -0.2) is 58.8 Å². The van der Waals surface area contributed by atoms with Crippen LogP contribution in [0.4, 0.5) is 11.4 Å². The van der Waals surface area contributed by atoms with Gasteiger partial charge >= 0.3 is 0 Å². The maximum absolute atomic E-state index is 13.3. The average Bonchev–Trinajstić information content (AvgIpc) is 3.35. The number of hydrogen-bond donors (Lipinski definition) is 0. The van der Waals surface area contributed by atoms with Crippen molar-refractivity contribution in [3.05, 3.63) is 95.3 Å². The summed E-state index contributed by atoms with van der Waals surface area (Å²) in [7, 11) is 3.70. The first kappa shape index (κ1) is 23.0. The first-order valence-corrected chi connectivity index (χ1v) is 12.4. The Bertz CT molecular complexity index is 1530. The number of anilines is 2. The van der Waals surface area contributed by atoms with Gasteiger partial charge in [-0.15, -0.1) is 0 Å². The minimum absolute atomic E-state index is 0.0165. The fraction of sp³-hybridized carbons (Fsp3) is 0.241. The van der Waals surface area contributed by atoms with Crippen LogP contribution in [0.5, 0.6) is 0 Å². The van der Waals surface area contributed by atoms with E-state index < -0.39 is 0 Å². The first-order chi connectivity index (χ1) is 18.1. The van der Waals surface area contributed by atoms with Crippen molar-refractivity contribution in [3.8, 4) is 17.5 Å². The number of nitrogens with zero attached hydrogens (tertiary/aromatic N) is 7. The molecule has 3 heterocycles. The molecular formula is C29H27N7O. The van der Waals surface area contributed by atoms with Crippen LogP contribution in [-0.2, 0) is 7.05 Å². The van der Waals surface area contributed by atoms with E-state index in [1.807, 2.05) is 68.7 Å². The van der Waals surface area contributed by atoms with E-state index >= 15 is 0 Å². The van der Waals surface area contributed by atoms with Crippen molar-refractivity contribution < 1.29 is 4.79 Å². The van der Waals surface area contributed by atoms with Crippen LogP contribution in [0.3, 0.4) is 0 Å². The molecule has 8 heteroatoms. The quantitative estimate of drug-likeness (QED) is 0.435. The zero-order valence-electron chi connectivity index (χ0n) is 20.9. The smallest absolute Gasteiger partial charge is 0.258 e. The number of piperazine rings is 1. The first-order valence-electron chi connectivity index (χ1n) is 12.4. The van der Waals surface area contributed by atoms with E-state index in [-0.39, 0.29) is 11.9 Å². The van der Waals surface area contributed by atoms with E-state index in [1.54, 1.807) is 9.58 Å². The third-order valence-electron chi connectivity index (χ3n) is 7.49. The summed E-state index contributed by atoms with van der Waals surface area (Å²) in [6.45, 7) is 3.17. The molecule has 6 rings (SSSR count). The summed E-state index contributed by atoms with van der Waals surface area (Å²) in [5.74, 6) is 0.754. The number of carbonyl (C=O) groups excluding carboxylic acids is 1. The molecule has 0 radical (unpaired) electrons. The van der Waals surface area contributed by atoms with Crippen LogP contribution in [0.1, 0.15) is 33.1 Å². The van der Waals surface area contributed by atoms with Crippen molar-refractivity contribution in [1.29, 1.82) is 5.26 Å². The summed E-state index contributed by atoms with van der Waals surface area (Å²) in [6, 6.07) is 24.4. The maximum atomic E-state index is 13.3. The second kappa shape index (κ2) is 9.19. The summed E-state index contributed by atoms with van der Waals surface area (Å²) >= 11 is 0. The fourth-order valence-corrected chi connectivity index (χ4v) is 5.62. The van der Waals surface area contributed by atoms with Crippen LogP contribution in [0.25, 0.3) is 11.4 Å². The highest BCUT2D eigenvalue weighted by Gasteiger charge is 2.35. The van der Waals surface area contributed by atoms with Gasteiger partial charge in [-0.2, -0.15) is 10.4 Å². The van der Waals surface area contributed by atoms with Crippen molar-refractivity contribution in [3.63, 3.8) is 0 Å². The van der Waals surface area contributed by atoms with Gasteiger partial charge in [-0.05, 0) is 41.5 Å². The molecule has 1 unspecified atom stereocenters. The fourth-order valence-electron chi connectivity index (χ4n) is 5.62. The molecule has 2 aliphatic rings. The molecule has 3 aromatic carbocycles. The lowest BCUT2D eigenvalue weighted by atomic mass is 9.93. The molecule has 1 saturated heterocycles.